The Morgan fingerprint density at radius 1 is 1.43 bits per heavy atom. The number of carbonyl (C=O) groups excluding carboxylic acids is 1. The van der Waals surface area contributed by atoms with Crippen molar-refractivity contribution >= 4 is 11.6 Å². The van der Waals surface area contributed by atoms with Gasteiger partial charge in [-0.2, -0.15) is 0 Å². The molecule has 1 amide bonds. The molecule has 1 heterocycles. The monoisotopic (exact) mass is 300 g/mol. The van der Waals surface area contributed by atoms with Crippen LogP contribution in [0.15, 0.2) is 18.2 Å². The average Bonchev–Trinajstić information content (AvgIpc) is 2.40. The van der Waals surface area contributed by atoms with Crippen LogP contribution in [0.5, 0.6) is 0 Å². The molecule has 116 valence electrons. The fraction of sp³-hybridized carbons (Fsp3) is 0.500. The third-order valence-electron chi connectivity index (χ3n) is 3.33. The van der Waals surface area contributed by atoms with Crippen molar-refractivity contribution in [1.29, 1.82) is 0 Å². The van der Waals surface area contributed by atoms with E-state index in [1.165, 1.54) is 0 Å². The summed E-state index contributed by atoms with van der Waals surface area (Å²) < 4.78 is 31.5. The second kappa shape index (κ2) is 6.93. The number of aliphatic hydroxyl groups excluding tert-OH is 1. The van der Waals surface area contributed by atoms with Crippen LogP contribution in [0.4, 0.5) is 14.5 Å². The van der Waals surface area contributed by atoms with E-state index >= 15 is 0 Å². The number of nitrogens with zero attached hydrogens (tertiary/aromatic N) is 1. The van der Waals surface area contributed by atoms with E-state index in [1.54, 1.807) is 0 Å². The highest BCUT2D eigenvalue weighted by molar-refractivity contribution is 5.92. The van der Waals surface area contributed by atoms with E-state index in [4.69, 9.17) is 9.84 Å². The number of morpholine rings is 1. The third kappa shape index (κ3) is 4.45. The predicted octanol–water partition coefficient (Wildman–Crippen LogP) is 0.985. The van der Waals surface area contributed by atoms with Crippen molar-refractivity contribution in [2.45, 2.75) is 19.1 Å². The largest absolute Gasteiger partial charge is 0.394 e. The summed E-state index contributed by atoms with van der Waals surface area (Å²) in [5.74, 6) is -1.86. The van der Waals surface area contributed by atoms with Crippen LogP contribution in [-0.2, 0) is 9.53 Å². The third-order valence-corrected chi connectivity index (χ3v) is 3.33. The average molecular weight is 300 g/mol. The topological polar surface area (TPSA) is 61.8 Å². The molecule has 2 N–H and O–H groups in total. The first-order chi connectivity index (χ1) is 9.97. The molecule has 1 fully saturated rings. The molecule has 5 nitrogen and oxygen atoms in total. The lowest BCUT2D eigenvalue weighted by Crippen LogP contribution is -2.51. The summed E-state index contributed by atoms with van der Waals surface area (Å²) in [5.41, 5.74) is 0.0807. The molecule has 2 unspecified atom stereocenters. The lowest BCUT2D eigenvalue weighted by atomic mass is 10.2. The molecule has 0 aliphatic carbocycles. The lowest BCUT2D eigenvalue weighted by Gasteiger charge is -2.36. The Kier molecular flexibility index (Phi) is 5.22. The minimum absolute atomic E-state index is 0.0304. The highest BCUT2D eigenvalue weighted by atomic mass is 19.1. The van der Waals surface area contributed by atoms with Gasteiger partial charge in [0.2, 0.25) is 5.91 Å². The van der Waals surface area contributed by atoms with E-state index in [-0.39, 0.29) is 36.9 Å². The minimum atomic E-state index is -0.745. The molecule has 0 radical (unpaired) electrons. The van der Waals surface area contributed by atoms with Gasteiger partial charge in [-0.05, 0) is 19.1 Å². The molecular weight excluding hydrogens is 282 g/mol. The van der Waals surface area contributed by atoms with E-state index in [2.05, 4.69) is 5.32 Å². The van der Waals surface area contributed by atoms with Gasteiger partial charge in [-0.3, -0.25) is 9.69 Å². The Hall–Kier alpha value is -1.57. The van der Waals surface area contributed by atoms with Gasteiger partial charge in [0.15, 0.2) is 0 Å². The molecule has 2 atom stereocenters. The van der Waals surface area contributed by atoms with Gasteiger partial charge in [-0.25, -0.2) is 8.78 Å². The van der Waals surface area contributed by atoms with Gasteiger partial charge in [0.1, 0.15) is 11.6 Å². The van der Waals surface area contributed by atoms with Crippen LogP contribution in [0, 0.1) is 11.6 Å². The first-order valence-corrected chi connectivity index (χ1v) is 6.70. The molecule has 1 aromatic rings. The van der Waals surface area contributed by atoms with Crippen LogP contribution in [0.25, 0.3) is 0 Å². The number of nitrogens with one attached hydrogen (secondary N) is 1. The molecule has 2 rings (SSSR count). The van der Waals surface area contributed by atoms with Gasteiger partial charge in [0.05, 0.1) is 25.9 Å². The minimum Gasteiger partial charge on any atom is -0.394 e. The Bertz CT molecular complexity index is 493. The molecule has 1 aliphatic rings. The van der Waals surface area contributed by atoms with Crippen molar-refractivity contribution in [3.63, 3.8) is 0 Å². The zero-order chi connectivity index (χ0) is 15.4. The van der Waals surface area contributed by atoms with Crippen LogP contribution in [-0.4, -0.2) is 54.4 Å². The van der Waals surface area contributed by atoms with E-state index in [9.17, 15) is 13.6 Å². The van der Waals surface area contributed by atoms with Crippen LogP contribution in [0.3, 0.4) is 0 Å². The molecule has 0 spiro atoms. The van der Waals surface area contributed by atoms with Crippen LogP contribution in [0.1, 0.15) is 6.92 Å². The number of hydrogen-bond donors (Lipinski definition) is 2. The Morgan fingerprint density at radius 3 is 2.71 bits per heavy atom. The van der Waals surface area contributed by atoms with Gasteiger partial charge >= 0.3 is 0 Å². The molecule has 1 saturated heterocycles. The van der Waals surface area contributed by atoms with E-state index < -0.39 is 11.6 Å². The van der Waals surface area contributed by atoms with Gasteiger partial charge < -0.3 is 15.2 Å². The summed E-state index contributed by atoms with van der Waals surface area (Å²) in [4.78, 5) is 13.8. The molecular formula is C14H18F2N2O3. The summed E-state index contributed by atoms with van der Waals surface area (Å²) in [5, 5.41) is 11.6. The summed E-state index contributed by atoms with van der Waals surface area (Å²) in [6, 6.07) is 2.88. The summed E-state index contributed by atoms with van der Waals surface area (Å²) >= 11 is 0. The highest BCUT2D eigenvalue weighted by Gasteiger charge is 2.27. The van der Waals surface area contributed by atoms with Gasteiger partial charge in [-0.15, -0.1) is 0 Å². The first kappa shape index (κ1) is 15.8. The summed E-state index contributed by atoms with van der Waals surface area (Å²) in [7, 11) is 0. The zero-order valence-corrected chi connectivity index (χ0v) is 11.7. The van der Waals surface area contributed by atoms with Crippen molar-refractivity contribution in [1.82, 2.24) is 4.90 Å². The molecule has 7 heteroatoms. The van der Waals surface area contributed by atoms with Crippen LogP contribution >= 0.6 is 0 Å². The Morgan fingerprint density at radius 2 is 2.10 bits per heavy atom. The maximum absolute atomic E-state index is 13.1. The van der Waals surface area contributed by atoms with Crippen LogP contribution in [0.2, 0.25) is 0 Å². The van der Waals surface area contributed by atoms with Gasteiger partial charge in [-0.1, -0.05) is 0 Å². The second-order valence-electron chi connectivity index (χ2n) is 5.12. The number of benzene rings is 1. The van der Waals surface area contributed by atoms with Gasteiger partial charge in [0.25, 0.3) is 0 Å². The SMILES string of the molecule is CC1COC(CO)CN1CC(=O)Nc1cc(F)cc(F)c1. The summed E-state index contributed by atoms with van der Waals surface area (Å²) in [6.07, 6.45) is -0.319. The van der Waals surface area contributed by atoms with Crippen molar-refractivity contribution in [3.8, 4) is 0 Å². The van der Waals surface area contributed by atoms with Crippen molar-refractivity contribution < 1.29 is 23.4 Å². The van der Waals surface area contributed by atoms with Crippen molar-refractivity contribution in [3.05, 3.63) is 29.8 Å². The van der Waals surface area contributed by atoms with E-state index in [1.807, 2.05) is 11.8 Å². The maximum Gasteiger partial charge on any atom is 0.238 e. The maximum atomic E-state index is 13.1. The molecule has 1 aromatic carbocycles. The van der Waals surface area contributed by atoms with Crippen molar-refractivity contribution in [2.24, 2.45) is 0 Å². The number of halogens is 2. The number of hydrogen-bond acceptors (Lipinski definition) is 4. The summed E-state index contributed by atoms with van der Waals surface area (Å²) in [6.45, 7) is 2.72. The number of aliphatic hydroxyl groups is 1. The number of rotatable bonds is 4. The fourth-order valence-electron chi connectivity index (χ4n) is 2.22. The molecule has 0 saturated carbocycles. The van der Waals surface area contributed by atoms with Gasteiger partial charge in [0, 0.05) is 24.3 Å². The van der Waals surface area contributed by atoms with E-state index in [0.29, 0.717) is 13.2 Å². The number of anilines is 1. The molecule has 21 heavy (non-hydrogen) atoms. The molecule has 1 aliphatic heterocycles. The smallest absolute Gasteiger partial charge is 0.238 e. The Labute approximate surface area is 121 Å². The highest BCUT2D eigenvalue weighted by Crippen LogP contribution is 2.14. The second-order valence-corrected chi connectivity index (χ2v) is 5.12. The number of amides is 1. The van der Waals surface area contributed by atoms with Crippen LogP contribution < -0.4 is 5.32 Å². The van der Waals surface area contributed by atoms with Crippen molar-refractivity contribution in [2.75, 3.05) is 31.6 Å². The van der Waals surface area contributed by atoms with E-state index in [0.717, 1.165) is 18.2 Å². The normalized spacial score (nSPS) is 23.0. The quantitative estimate of drug-likeness (QED) is 0.870. The fourth-order valence-corrected chi connectivity index (χ4v) is 2.22. The predicted molar refractivity (Wildman–Crippen MR) is 72.8 cm³/mol. The first-order valence-electron chi connectivity index (χ1n) is 6.70. The molecule has 0 bridgehead atoms. The Balaban J connectivity index is 1.94. The zero-order valence-electron chi connectivity index (χ0n) is 11.7. The number of carbonyl (C=O) groups is 1. The molecule has 0 aromatic heterocycles. The lowest BCUT2D eigenvalue weighted by molar-refractivity contribution is -0.122. The number of ether oxygens (including phenoxy) is 1. The standard InChI is InChI=1S/C14H18F2N2O3/c1-9-8-21-13(7-19)5-18(9)6-14(20)17-12-3-10(15)2-11(16)4-12/h2-4,9,13,19H,5-8H2,1H3,(H,17,20).